The topological polar surface area (TPSA) is 78.8 Å². The van der Waals surface area contributed by atoms with E-state index in [2.05, 4.69) is 12.0 Å². The van der Waals surface area contributed by atoms with Gasteiger partial charge in [-0.25, -0.2) is 10.2 Å². The minimum atomic E-state index is -1.08. The summed E-state index contributed by atoms with van der Waals surface area (Å²) in [6, 6.07) is 0. The largest absolute Gasteiger partial charge is 0.477 e. The van der Waals surface area contributed by atoms with Gasteiger partial charge in [-0.05, 0) is 12.2 Å². The lowest BCUT2D eigenvalue weighted by molar-refractivity contribution is -0.129. The van der Waals surface area contributed by atoms with Crippen LogP contribution in [0.2, 0.25) is 0 Å². The third-order valence-corrected chi connectivity index (χ3v) is 5.44. The van der Waals surface area contributed by atoms with E-state index in [1.807, 2.05) is 5.43 Å². The van der Waals surface area contributed by atoms with Crippen molar-refractivity contribution in [1.29, 1.82) is 0 Å². The monoisotopic (exact) mass is 386 g/mol. The van der Waals surface area contributed by atoms with E-state index in [-0.39, 0.29) is 5.71 Å². The number of nitrogens with one attached hydrogen (secondary N) is 1. The molecule has 1 amide bonds. The number of amides is 1. The second kappa shape index (κ2) is 20.3. The summed E-state index contributed by atoms with van der Waals surface area (Å²) in [4.78, 5) is 21.0. The van der Waals surface area contributed by atoms with Crippen LogP contribution in [-0.2, 0) is 9.59 Å². The van der Waals surface area contributed by atoms with Gasteiger partial charge in [0, 0.05) is 5.75 Å². The van der Waals surface area contributed by atoms with E-state index in [1.165, 1.54) is 83.5 Å². The standard InChI is InChI=1S/C20H38N2O3S/c1-2-3-4-5-6-7-8-9-10-11-12-13-14-15-16-26-17-19(20(24)25)22-21-18-23/h18H,2-17H2,1H3,(H,21,23)(H,24,25)/b22-19-. The molecule has 0 spiro atoms. The molecule has 0 aliphatic rings. The number of carboxylic acids is 1. The van der Waals surface area contributed by atoms with Gasteiger partial charge in [-0.1, -0.05) is 90.4 Å². The first kappa shape index (κ1) is 25.0. The molecule has 0 aromatic heterocycles. The zero-order valence-corrected chi connectivity index (χ0v) is 17.3. The van der Waals surface area contributed by atoms with E-state index in [1.54, 1.807) is 11.8 Å². The maximum absolute atomic E-state index is 10.9. The number of aliphatic carboxylic acids is 1. The average Bonchev–Trinajstić information content (AvgIpc) is 2.63. The minimum Gasteiger partial charge on any atom is -0.477 e. The first-order valence-corrected chi connectivity index (χ1v) is 11.4. The Labute approximate surface area is 163 Å². The summed E-state index contributed by atoms with van der Waals surface area (Å²) >= 11 is 1.56. The van der Waals surface area contributed by atoms with Crippen LogP contribution >= 0.6 is 11.8 Å². The quantitative estimate of drug-likeness (QED) is 0.127. The van der Waals surface area contributed by atoms with E-state index in [0.29, 0.717) is 12.2 Å². The van der Waals surface area contributed by atoms with Crippen molar-refractivity contribution in [3.05, 3.63) is 0 Å². The zero-order valence-electron chi connectivity index (χ0n) is 16.5. The minimum absolute atomic E-state index is 0.00698. The van der Waals surface area contributed by atoms with Crippen LogP contribution < -0.4 is 5.43 Å². The highest BCUT2D eigenvalue weighted by Crippen LogP contribution is 2.14. The third-order valence-electron chi connectivity index (χ3n) is 4.38. The molecular formula is C20H38N2O3S. The van der Waals surface area contributed by atoms with Crippen molar-refractivity contribution in [3.63, 3.8) is 0 Å². The lowest BCUT2D eigenvalue weighted by Crippen LogP contribution is -2.20. The van der Waals surface area contributed by atoms with Gasteiger partial charge in [0.1, 0.15) is 0 Å². The fourth-order valence-electron chi connectivity index (χ4n) is 2.81. The molecular weight excluding hydrogens is 348 g/mol. The van der Waals surface area contributed by atoms with Gasteiger partial charge in [0.15, 0.2) is 5.71 Å². The molecule has 0 radical (unpaired) electrons. The zero-order chi connectivity index (χ0) is 19.3. The number of carbonyl (C=O) groups excluding carboxylic acids is 1. The summed E-state index contributed by atoms with van der Waals surface area (Å²) in [5.41, 5.74) is 2.04. The molecule has 0 aliphatic heterocycles. The lowest BCUT2D eigenvalue weighted by Gasteiger charge is -2.04. The fraction of sp³-hybridized carbons (Fsp3) is 0.850. The molecule has 0 saturated heterocycles. The van der Waals surface area contributed by atoms with Crippen LogP contribution in [0.4, 0.5) is 0 Å². The highest BCUT2D eigenvalue weighted by atomic mass is 32.2. The second-order valence-electron chi connectivity index (χ2n) is 6.76. The lowest BCUT2D eigenvalue weighted by atomic mass is 10.0. The van der Waals surface area contributed by atoms with Crippen molar-refractivity contribution in [3.8, 4) is 0 Å². The number of carboxylic acid groups (broad SMARTS) is 1. The van der Waals surface area contributed by atoms with Crippen LogP contribution in [-0.4, -0.2) is 34.7 Å². The van der Waals surface area contributed by atoms with Gasteiger partial charge >= 0.3 is 5.97 Å². The van der Waals surface area contributed by atoms with Gasteiger partial charge in [-0.3, -0.25) is 4.79 Å². The van der Waals surface area contributed by atoms with Crippen LogP contribution in [0.3, 0.4) is 0 Å². The third kappa shape index (κ3) is 17.8. The van der Waals surface area contributed by atoms with Gasteiger partial charge in [-0.2, -0.15) is 16.9 Å². The summed E-state index contributed by atoms with van der Waals surface area (Å²) < 4.78 is 0. The predicted octanol–water partition coefficient (Wildman–Crippen LogP) is 5.39. The molecule has 0 rings (SSSR count). The van der Waals surface area contributed by atoms with Crippen molar-refractivity contribution in [1.82, 2.24) is 5.43 Å². The Morgan fingerprint density at radius 1 is 0.885 bits per heavy atom. The van der Waals surface area contributed by atoms with E-state index in [0.717, 1.165) is 12.2 Å². The molecule has 0 fully saturated rings. The number of carbonyl (C=O) groups is 2. The average molecular weight is 387 g/mol. The Kier molecular flexibility index (Phi) is 19.5. The Hall–Kier alpha value is -1.04. The van der Waals surface area contributed by atoms with Crippen LogP contribution in [0.25, 0.3) is 0 Å². The van der Waals surface area contributed by atoms with E-state index in [4.69, 9.17) is 5.11 Å². The highest BCUT2D eigenvalue weighted by Gasteiger charge is 2.09. The number of rotatable bonds is 20. The molecule has 0 atom stereocenters. The molecule has 0 aromatic rings. The molecule has 0 heterocycles. The number of hydrogen-bond acceptors (Lipinski definition) is 4. The van der Waals surface area contributed by atoms with Gasteiger partial charge in [0.25, 0.3) is 0 Å². The van der Waals surface area contributed by atoms with Crippen LogP contribution in [0.5, 0.6) is 0 Å². The molecule has 0 bridgehead atoms. The first-order chi connectivity index (χ1) is 12.7. The smallest absolute Gasteiger partial charge is 0.352 e. The molecule has 26 heavy (non-hydrogen) atoms. The van der Waals surface area contributed by atoms with E-state index >= 15 is 0 Å². The molecule has 0 unspecified atom stereocenters. The molecule has 5 nitrogen and oxygen atoms in total. The molecule has 6 heteroatoms. The Bertz CT molecular complexity index is 376. The van der Waals surface area contributed by atoms with E-state index < -0.39 is 5.97 Å². The Balaban J connectivity index is 3.28. The number of nitrogens with zero attached hydrogens (tertiary/aromatic N) is 1. The predicted molar refractivity (Wildman–Crippen MR) is 112 cm³/mol. The second-order valence-corrected chi connectivity index (χ2v) is 7.86. The number of unbranched alkanes of at least 4 members (excludes halogenated alkanes) is 13. The molecule has 0 saturated carbocycles. The maximum Gasteiger partial charge on any atom is 0.352 e. The van der Waals surface area contributed by atoms with Crippen molar-refractivity contribution >= 4 is 29.9 Å². The maximum atomic E-state index is 10.9. The van der Waals surface area contributed by atoms with Gasteiger partial charge in [-0.15, -0.1) is 0 Å². The van der Waals surface area contributed by atoms with Gasteiger partial charge < -0.3 is 5.11 Å². The highest BCUT2D eigenvalue weighted by molar-refractivity contribution is 8.00. The first-order valence-electron chi connectivity index (χ1n) is 10.3. The van der Waals surface area contributed by atoms with E-state index in [9.17, 15) is 9.59 Å². The SMILES string of the molecule is CCCCCCCCCCCCCCCCSC/C(=N/NC=O)C(=O)O. The molecule has 2 N–H and O–H groups in total. The van der Waals surface area contributed by atoms with Gasteiger partial charge in [0.05, 0.1) is 0 Å². The Morgan fingerprint density at radius 2 is 1.35 bits per heavy atom. The summed E-state index contributed by atoms with van der Waals surface area (Å²) in [5, 5.41) is 12.5. The van der Waals surface area contributed by atoms with Crippen LogP contribution in [0, 0.1) is 0 Å². The molecule has 0 aliphatic carbocycles. The van der Waals surface area contributed by atoms with Crippen molar-refractivity contribution < 1.29 is 14.7 Å². The number of hydrogen-bond donors (Lipinski definition) is 2. The molecule has 152 valence electrons. The normalized spacial score (nSPS) is 11.5. The van der Waals surface area contributed by atoms with Crippen LogP contribution in [0.1, 0.15) is 96.8 Å². The summed E-state index contributed by atoms with van der Waals surface area (Å²) in [6.45, 7) is 2.26. The summed E-state index contributed by atoms with van der Waals surface area (Å²) in [7, 11) is 0. The fourth-order valence-corrected chi connectivity index (χ4v) is 3.75. The van der Waals surface area contributed by atoms with Gasteiger partial charge in [0.2, 0.25) is 6.41 Å². The Morgan fingerprint density at radius 3 is 1.77 bits per heavy atom. The number of hydrazone groups is 1. The van der Waals surface area contributed by atoms with Crippen LogP contribution in [0.15, 0.2) is 5.10 Å². The molecule has 0 aromatic carbocycles. The van der Waals surface area contributed by atoms with Crippen molar-refractivity contribution in [2.75, 3.05) is 11.5 Å². The van der Waals surface area contributed by atoms with Crippen molar-refractivity contribution in [2.24, 2.45) is 5.10 Å². The summed E-state index contributed by atoms with van der Waals surface area (Å²) in [5.74, 6) is 0.188. The van der Waals surface area contributed by atoms with Crippen molar-refractivity contribution in [2.45, 2.75) is 96.8 Å². The summed E-state index contributed by atoms with van der Waals surface area (Å²) in [6.07, 6.45) is 19.1. The number of thioether (sulfide) groups is 1.